The number of nitrogens with two attached hydrogens (primary N) is 1. The summed E-state index contributed by atoms with van der Waals surface area (Å²) in [6, 6.07) is 2.03. The van der Waals surface area contributed by atoms with Gasteiger partial charge in [-0.15, -0.1) is 0 Å². The van der Waals surface area contributed by atoms with Crippen molar-refractivity contribution in [3.63, 3.8) is 0 Å². The lowest BCUT2D eigenvalue weighted by Gasteiger charge is -2.26. The number of nitrogens with zero attached hydrogens (tertiary/aromatic N) is 2. The third-order valence-electron chi connectivity index (χ3n) is 3.12. The highest BCUT2D eigenvalue weighted by molar-refractivity contribution is 5.51. The van der Waals surface area contributed by atoms with Gasteiger partial charge in [0.1, 0.15) is 0 Å². The lowest BCUT2D eigenvalue weighted by molar-refractivity contribution is 0.703. The van der Waals surface area contributed by atoms with Gasteiger partial charge < -0.3 is 10.6 Å². The molecule has 1 fully saturated rings. The van der Waals surface area contributed by atoms with Crippen molar-refractivity contribution in [2.45, 2.75) is 32.7 Å². The Labute approximate surface area is 97.7 Å². The first-order chi connectivity index (χ1) is 7.85. The number of aromatic nitrogens is 1. The van der Waals surface area contributed by atoms with E-state index in [0.29, 0.717) is 6.54 Å². The van der Waals surface area contributed by atoms with E-state index in [0.717, 1.165) is 12.5 Å². The first-order valence-corrected chi connectivity index (χ1v) is 6.23. The van der Waals surface area contributed by atoms with Gasteiger partial charge in [0, 0.05) is 25.8 Å². The Morgan fingerprint density at radius 1 is 1.50 bits per heavy atom. The molecule has 0 saturated heterocycles. The van der Waals surface area contributed by atoms with Crippen molar-refractivity contribution in [3.8, 4) is 0 Å². The van der Waals surface area contributed by atoms with E-state index in [1.165, 1.54) is 37.1 Å². The van der Waals surface area contributed by atoms with Gasteiger partial charge in [-0.25, -0.2) is 0 Å². The van der Waals surface area contributed by atoms with Crippen LogP contribution in [0.1, 0.15) is 31.7 Å². The van der Waals surface area contributed by atoms with Gasteiger partial charge >= 0.3 is 0 Å². The summed E-state index contributed by atoms with van der Waals surface area (Å²) in [5, 5.41) is 0. The monoisotopic (exact) mass is 219 g/mol. The van der Waals surface area contributed by atoms with Crippen LogP contribution in [-0.2, 0) is 6.54 Å². The first-order valence-electron chi connectivity index (χ1n) is 6.23. The van der Waals surface area contributed by atoms with E-state index < -0.39 is 0 Å². The second-order valence-corrected chi connectivity index (χ2v) is 4.60. The molecule has 0 aromatic carbocycles. The fourth-order valence-corrected chi connectivity index (χ4v) is 2.06. The van der Waals surface area contributed by atoms with Crippen LogP contribution in [0.25, 0.3) is 0 Å². The van der Waals surface area contributed by atoms with E-state index in [1.807, 2.05) is 18.5 Å². The summed E-state index contributed by atoms with van der Waals surface area (Å²) < 4.78 is 0. The highest BCUT2D eigenvalue weighted by atomic mass is 15.1. The molecule has 0 radical (unpaired) electrons. The Hall–Kier alpha value is -1.09. The molecule has 1 aromatic heterocycles. The molecule has 2 N–H and O–H groups in total. The molecular formula is C13H21N3. The van der Waals surface area contributed by atoms with Crippen molar-refractivity contribution in [2.75, 3.05) is 18.0 Å². The lowest BCUT2D eigenvalue weighted by atomic mass is 10.2. The van der Waals surface area contributed by atoms with Crippen molar-refractivity contribution in [1.82, 2.24) is 4.98 Å². The quantitative estimate of drug-likeness (QED) is 0.797. The van der Waals surface area contributed by atoms with E-state index >= 15 is 0 Å². The SMILES string of the molecule is CCCN(CC1CC1)c1cnccc1CN. The summed E-state index contributed by atoms with van der Waals surface area (Å²) in [5.41, 5.74) is 8.22. The minimum Gasteiger partial charge on any atom is -0.370 e. The minimum atomic E-state index is 0.600. The van der Waals surface area contributed by atoms with Crippen LogP contribution in [0.15, 0.2) is 18.5 Å². The molecule has 1 aliphatic carbocycles. The summed E-state index contributed by atoms with van der Waals surface area (Å²) in [6.45, 7) is 5.10. The molecule has 0 amide bonds. The molecule has 3 nitrogen and oxygen atoms in total. The Morgan fingerprint density at radius 2 is 2.31 bits per heavy atom. The average molecular weight is 219 g/mol. The van der Waals surface area contributed by atoms with Crippen LogP contribution < -0.4 is 10.6 Å². The summed E-state index contributed by atoms with van der Waals surface area (Å²) in [5.74, 6) is 0.900. The summed E-state index contributed by atoms with van der Waals surface area (Å²) in [4.78, 5) is 6.68. The first kappa shape index (κ1) is 11.4. The zero-order valence-corrected chi connectivity index (χ0v) is 10.0. The highest BCUT2D eigenvalue weighted by Crippen LogP contribution is 2.32. The van der Waals surface area contributed by atoms with E-state index in [4.69, 9.17) is 5.73 Å². The summed E-state index contributed by atoms with van der Waals surface area (Å²) in [7, 11) is 0. The molecule has 0 atom stereocenters. The van der Waals surface area contributed by atoms with Crippen molar-refractivity contribution >= 4 is 5.69 Å². The van der Waals surface area contributed by atoms with Gasteiger partial charge in [0.15, 0.2) is 0 Å². The summed E-state index contributed by atoms with van der Waals surface area (Å²) in [6.07, 6.45) is 7.73. The van der Waals surface area contributed by atoms with Gasteiger partial charge in [-0.2, -0.15) is 0 Å². The number of hydrogen-bond acceptors (Lipinski definition) is 3. The molecule has 0 spiro atoms. The second kappa shape index (κ2) is 5.30. The highest BCUT2D eigenvalue weighted by Gasteiger charge is 2.24. The van der Waals surface area contributed by atoms with Gasteiger partial charge in [0.25, 0.3) is 0 Å². The topological polar surface area (TPSA) is 42.2 Å². The summed E-state index contributed by atoms with van der Waals surface area (Å²) >= 11 is 0. The molecule has 0 unspecified atom stereocenters. The van der Waals surface area contributed by atoms with Crippen molar-refractivity contribution < 1.29 is 0 Å². The van der Waals surface area contributed by atoms with Crippen LogP contribution in [0.3, 0.4) is 0 Å². The van der Waals surface area contributed by atoms with Gasteiger partial charge in [-0.3, -0.25) is 4.98 Å². The number of pyridine rings is 1. The van der Waals surface area contributed by atoms with Crippen molar-refractivity contribution in [2.24, 2.45) is 11.7 Å². The second-order valence-electron chi connectivity index (χ2n) is 4.60. The van der Waals surface area contributed by atoms with Gasteiger partial charge in [-0.05, 0) is 36.8 Å². The van der Waals surface area contributed by atoms with Crippen LogP contribution >= 0.6 is 0 Å². The van der Waals surface area contributed by atoms with Gasteiger partial charge in [0.05, 0.1) is 11.9 Å². The standard InChI is InChI=1S/C13H21N3/c1-2-7-16(10-11-3-4-11)13-9-15-6-5-12(13)8-14/h5-6,9,11H,2-4,7-8,10,14H2,1H3. The zero-order valence-electron chi connectivity index (χ0n) is 10.0. The Kier molecular flexibility index (Phi) is 3.78. The van der Waals surface area contributed by atoms with Crippen LogP contribution in [0.2, 0.25) is 0 Å². The maximum atomic E-state index is 5.78. The molecule has 1 aliphatic rings. The third kappa shape index (κ3) is 2.73. The number of anilines is 1. The zero-order chi connectivity index (χ0) is 11.4. The maximum Gasteiger partial charge on any atom is 0.0598 e. The molecule has 1 saturated carbocycles. The van der Waals surface area contributed by atoms with Crippen LogP contribution in [0.4, 0.5) is 5.69 Å². The molecular weight excluding hydrogens is 198 g/mol. The maximum absolute atomic E-state index is 5.78. The molecule has 0 aliphatic heterocycles. The Morgan fingerprint density at radius 3 is 2.94 bits per heavy atom. The Bertz CT molecular complexity index is 334. The molecule has 3 heteroatoms. The van der Waals surface area contributed by atoms with Crippen LogP contribution in [-0.4, -0.2) is 18.1 Å². The molecule has 1 aromatic rings. The van der Waals surface area contributed by atoms with E-state index in [-0.39, 0.29) is 0 Å². The third-order valence-corrected chi connectivity index (χ3v) is 3.12. The number of rotatable bonds is 6. The normalized spacial score (nSPS) is 15.1. The van der Waals surface area contributed by atoms with Gasteiger partial charge in [-0.1, -0.05) is 6.92 Å². The van der Waals surface area contributed by atoms with E-state index in [2.05, 4.69) is 16.8 Å². The van der Waals surface area contributed by atoms with Crippen molar-refractivity contribution in [3.05, 3.63) is 24.0 Å². The predicted octanol–water partition coefficient (Wildman–Crippen LogP) is 2.17. The smallest absolute Gasteiger partial charge is 0.0598 e. The van der Waals surface area contributed by atoms with Crippen LogP contribution in [0, 0.1) is 5.92 Å². The molecule has 16 heavy (non-hydrogen) atoms. The van der Waals surface area contributed by atoms with E-state index in [9.17, 15) is 0 Å². The van der Waals surface area contributed by atoms with E-state index in [1.54, 1.807) is 0 Å². The predicted molar refractivity (Wildman–Crippen MR) is 67.4 cm³/mol. The average Bonchev–Trinajstić information content (AvgIpc) is 3.12. The molecule has 2 rings (SSSR count). The molecule has 0 bridgehead atoms. The van der Waals surface area contributed by atoms with Gasteiger partial charge in [0.2, 0.25) is 0 Å². The largest absolute Gasteiger partial charge is 0.370 e. The minimum absolute atomic E-state index is 0.600. The van der Waals surface area contributed by atoms with Crippen LogP contribution in [0.5, 0.6) is 0 Å². The Balaban J connectivity index is 2.14. The number of hydrogen-bond donors (Lipinski definition) is 1. The fraction of sp³-hybridized carbons (Fsp3) is 0.615. The fourth-order valence-electron chi connectivity index (χ4n) is 2.06. The lowest BCUT2D eigenvalue weighted by Crippen LogP contribution is -2.28. The molecule has 1 heterocycles. The molecule has 88 valence electrons. The van der Waals surface area contributed by atoms with Crippen molar-refractivity contribution in [1.29, 1.82) is 0 Å².